The van der Waals surface area contributed by atoms with E-state index in [0.29, 0.717) is 0 Å². The largest absolute Gasteiger partial charge is 0.324 e. The fourth-order valence-corrected chi connectivity index (χ4v) is 6.82. The van der Waals surface area contributed by atoms with Crippen molar-refractivity contribution in [1.29, 1.82) is 0 Å². The average Bonchev–Trinajstić information content (AvgIpc) is 2.96. The number of rotatable bonds is 35. The summed E-state index contributed by atoms with van der Waals surface area (Å²) in [5.74, 6) is 0. The second kappa shape index (κ2) is 33.5. The maximum absolute atomic E-state index is 2.34. The molecule has 0 amide bonds. The minimum absolute atomic E-state index is 1.37. The summed E-state index contributed by atoms with van der Waals surface area (Å²) in [5, 5.41) is 0. The molecule has 0 saturated carbocycles. The van der Waals surface area contributed by atoms with Gasteiger partial charge in [-0.3, -0.25) is 0 Å². The van der Waals surface area contributed by atoms with Gasteiger partial charge in [0.05, 0.1) is 26.2 Å². The molecule has 0 bridgehead atoms. The Labute approximate surface area is 257 Å². The van der Waals surface area contributed by atoms with Gasteiger partial charge in [0.15, 0.2) is 0 Å². The molecule has 0 N–H and O–H groups in total. The average molecular weight is 565 g/mol. The number of hydrogen-bond acceptors (Lipinski definition) is 0. The van der Waals surface area contributed by atoms with E-state index in [9.17, 15) is 0 Å². The van der Waals surface area contributed by atoms with Gasteiger partial charge in [-0.2, -0.15) is 0 Å². The first-order chi connectivity index (χ1) is 19.7. The Kier molecular flexibility index (Phi) is 33.4. The predicted octanol–water partition coefficient (Wildman–Crippen LogP) is 14.0. The molecule has 0 aromatic carbocycles. The maximum atomic E-state index is 2.34. The van der Waals surface area contributed by atoms with Crippen LogP contribution in [-0.4, -0.2) is 30.7 Å². The molecule has 1 heteroatoms. The normalized spacial score (nSPS) is 12.0. The van der Waals surface area contributed by atoms with E-state index in [2.05, 4.69) is 27.7 Å². The molecule has 0 spiro atoms. The molecule has 0 unspecified atom stereocenters. The SMILES string of the molecule is CCCCCCCCCC[N+](CCCCCCCCC)(CCCCCCCCCC)CCCCCCCCCC. The van der Waals surface area contributed by atoms with Crippen molar-refractivity contribution >= 4 is 0 Å². The van der Waals surface area contributed by atoms with Gasteiger partial charge in [0.1, 0.15) is 0 Å². The summed E-state index contributed by atoms with van der Waals surface area (Å²) in [6.45, 7) is 15.3. The summed E-state index contributed by atoms with van der Waals surface area (Å²) in [6.07, 6.45) is 45.2. The van der Waals surface area contributed by atoms with Crippen LogP contribution in [0.1, 0.15) is 227 Å². The molecule has 0 aliphatic rings. The lowest BCUT2D eigenvalue weighted by molar-refractivity contribution is -0.929. The van der Waals surface area contributed by atoms with E-state index in [1.54, 1.807) is 0 Å². The first-order valence-corrected chi connectivity index (χ1v) is 19.6. The van der Waals surface area contributed by atoms with Gasteiger partial charge < -0.3 is 4.48 Å². The predicted molar refractivity (Wildman–Crippen MR) is 186 cm³/mol. The van der Waals surface area contributed by atoms with Crippen molar-refractivity contribution in [3.63, 3.8) is 0 Å². The molecule has 0 aliphatic heterocycles. The Morgan fingerprint density at radius 3 is 0.525 bits per heavy atom. The molecule has 0 radical (unpaired) electrons. The van der Waals surface area contributed by atoms with Crippen molar-refractivity contribution < 1.29 is 4.48 Å². The Morgan fingerprint density at radius 1 is 0.200 bits per heavy atom. The quantitative estimate of drug-likeness (QED) is 0.0530. The van der Waals surface area contributed by atoms with Crippen LogP contribution in [0.4, 0.5) is 0 Å². The van der Waals surface area contributed by atoms with Gasteiger partial charge in [0.2, 0.25) is 0 Å². The smallest absolute Gasteiger partial charge is 0.0786 e. The number of hydrogen-bond donors (Lipinski definition) is 0. The molecular formula is C39H82N+. The standard InChI is InChI=1S/C39H82N/c1-5-9-13-17-21-25-29-33-37-40(36-32-28-24-20-16-12-8-4,38-34-30-26-22-18-14-10-6-2)39-35-31-27-23-19-15-11-7-3/h5-39H2,1-4H3/q+1. The van der Waals surface area contributed by atoms with Crippen LogP contribution in [0, 0.1) is 0 Å². The third-order valence-electron chi connectivity index (χ3n) is 9.69. The molecule has 0 heterocycles. The first-order valence-electron chi connectivity index (χ1n) is 19.6. The van der Waals surface area contributed by atoms with Crippen molar-refractivity contribution in [3.05, 3.63) is 0 Å². The molecule has 242 valence electrons. The monoisotopic (exact) mass is 565 g/mol. The van der Waals surface area contributed by atoms with E-state index >= 15 is 0 Å². The lowest BCUT2D eigenvalue weighted by Crippen LogP contribution is -2.50. The molecule has 0 aromatic rings. The number of unbranched alkanes of at least 4 members (excludes halogenated alkanes) is 27. The second-order valence-corrected chi connectivity index (χ2v) is 13.8. The number of nitrogens with zero attached hydrogens (tertiary/aromatic N) is 1. The van der Waals surface area contributed by atoms with Crippen molar-refractivity contribution in [2.24, 2.45) is 0 Å². The highest BCUT2D eigenvalue weighted by molar-refractivity contribution is 4.56. The van der Waals surface area contributed by atoms with Crippen molar-refractivity contribution in [1.82, 2.24) is 0 Å². The van der Waals surface area contributed by atoms with Gasteiger partial charge in [-0.15, -0.1) is 0 Å². The van der Waals surface area contributed by atoms with E-state index in [0.717, 1.165) is 0 Å². The van der Waals surface area contributed by atoms with E-state index in [1.165, 1.54) is 230 Å². The van der Waals surface area contributed by atoms with Gasteiger partial charge in [-0.1, -0.05) is 175 Å². The molecule has 40 heavy (non-hydrogen) atoms. The highest BCUT2D eigenvalue weighted by Crippen LogP contribution is 2.21. The zero-order valence-corrected chi connectivity index (χ0v) is 29.2. The van der Waals surface area contributed by atoms with Crippen molar-refractivity contribution in [2.75, 3.05) is 26.2 Å². The van der Waals surface area contributed by atoms with Gasteiger partial charge in [-0.25, -0.2) is 0 Å². The molecule has 1 nitrogen and oxygen atoms in total. The third-order valence-corrected chi connectivity index (χ3v) is 9.69. The Hall–Kier alpha value is -0.0400. The molecule has 0 atom stereocenters. The lowest BCUT2D eigenvalue weighted by atomic mass is 10.0. The summed E-state index contributed by atoms with van der Waals surface area (Å²) in [4.78, 5) is 0. The highest BCUT2D eigenvalue weighted by atomic mass is 15.3. The summed E-state index contributed by atoms with van der Waals surface area (Å²) in [6, 6.07) is 0. The fourth-order valence-electron chi connectivity index (χ4n) is 6.82. The first kappa shape index (κ1) is 40.0. The Balaban J connectivity index is 4.80. The van der Waals surface area contributed by atoms with Crippen LogP contribution in [0.3, 0.4) is 0 Å². The van der Waals surface area contributed by atoms with Crippen LogP contribution in [0.2, 0.25) is 0 Å². The van der Waals surface area contributed by atoms with Crippen molar-refractivity contribution in [3.8, 4) is 0 Å². The van der Waals surface area contributed by atoms with Gasteiger partial charge in [0, 0.05) is 0 Å². The van der Waals surface area contributed by atoms with Crippen LogP contribution >= 0.6 is 0 Å². The van der Waals surface area contributed by atoms with Gasteiger partial charge >= 0.3 is 0 Å². The highest BCUT2D eigenvalue weighted by Gasteiger charge is 2.25. The van der Waals surface area contributed by atoms with Gasteiger partial charge in [0.25, 0.3) is 0 Å². The summed E-state index contributed by atoms with van der Waals surface area (Å²) >= 11 is 0. The van der Waals surface area contributed by atoms with E-state index in [4.69, 9.17) is 0 Å². The molecular weight excluding hydrogens is 482 g/mol. The maximum Gasteiger partial charge on any atom is 0.0786 e. The van der Waals surface area contributed by atoms with Crippen LogP contribution in [0.5, 0.6) is 0 Å². The molecule has 0 aromatic heterocycles. The zero-order valence-electron chi connectivity index (χ0n) is 29.2. The van der Waals surface area contributed by atoms with Crippen LogP contribution < -0.4 is 0 Å². The Morgan fingerprint density at radius 2 is 0.350 bits per heavy atom. The number of quaternary nitrogens is 1. The topological polar surface area (TPSA) is 0 Å². The molecule has 0 rings (SSSR count). The third kappa shape index (κ3) is 28.1. The van der Waals surface area contributed by atoms with E-state index in [-0.39, 0.29) is 0 Å². The Bertz CT molecular complexity index is 394. The molecule has 0 fully saturated rings. The lowest BCUT2D eigenvalue weighted by Gasteiger charge is -2.40. The molecule has 0 saturated heterocycles. The van der Waals surface area contributed by atoms with Crippen LogP contribution in [0.15, 0.2) is 0 Å². The van der Waals surface area contributed by atoms with E-state index in [1.807, 2.05) is 0 Å². The fraction of sp³-hybridized carbons (Fsp3) is 1.00. The van der Waals surface area contributed by atoms with Crippen LogP contribution in [-0.2, 0) is 0 Å². The van der Waals surface area contributed by atoms with E-state index < -0.39 is 0 Å². The minimum Gasteiger partial charge on any atom is -0.324 e. The molecule has 0 aliphatic carbocycles. The second-order valence-electron chi connectivity index (χ2n) is 13.8. The summed E-state index contributed by atoms with van der Waals surface area (Å²) < 4.78 is 1.48. The minimum atomic E-state index is 1.37. The summed E-state index contributed by atoms with van der Waals surface area (Å²) in [5.41, 5.74) is 0. The zero-order chi connectivity index (χ0) is 29.2. The summed E-state index contributed by atoms with van der Waals surface area (Å²) in [7, 11) is 0. The van der Waals surface area contributed by atoms with Crippen LogP contribution in [0.25, 0.3) is 0 Å². The van der Waals surface area contributed by atoms with Crippen molar-refractivity contribution in [2.45, 2.75) is 227 Å². The van der Waals surface area contributed by atoms with Gasteiger partial charge in [-0.05, 0) is 51.4 Å².